The second-order valence-corrected chi connectivity index (χ2v) is 4.27. The van der Waals surface area contributed by atoms with Crippen molar-refractivity contribution in [3.8, 4) is 11.1 Å². The summed E-state index contributed by atoms with van der Waals surface area (Å²) in [7, 11) is 0. The first-order chi connectivity index (χ1) is 8.22. The molecular weight excluding hydrogens is 232 g/mol. The van der Waals surface area contributed by atoms with E-state index in [0.717, 1.165) is 28.9 Å². The van der Waals surface area contributed by atoms with Crippen LogP contribution in [0, 0.1) is 6.92 Å². The van der Waals surface area contributed by atoms with Gasteiger partial charge in [0.25, 0.3) is 0 Å². The second-order valence-electron chi connectivity index (χ2n) is 3.91. The molecule has 17 heavy (non-hydrogen) atoms. The van der Waals surface area contributed by atoms with E-state index in [2.05, 4.69) is 35.4 Å². The molecule has 2 rings (SSSR count). The van der Waals surface area contributed by atoms with Gasteiger partial charge in [-0.25, -0.2) is 4.98 Å². The number of nitrogens with one attached hydrogen (secondary N) is 1. The zero-order chi connectivity index (χ0) is 12.3. The van der Waals surface area contributed by atoms with Gasteiger partial charge in [-0.1, -0.05) is 29.8 Å². The van der Waals surface area contributed by atoms with Gasteiger partial charge in [0.2, 0.25) is 0 Å². The minimum absolute atomic E-state index is 0.565. The Kier molecular flexibility index (Phi) is 3.64. The van der Waals surface area contributed by atoms with Gasteiger partial charge in [-0.2, -0.15) is 0 Å². The van der Waals surface area contributed by atoms with E-state index >= 15 is 0 Å². The smallest absolute Gasteiger partial charge is 0.131 e. The van der Waals surface area contributed by atoms with Crippen molar-refractivity contribution in [1.29, 1.82) is 0 Å². The maximum Gasteiger partial charge on any atom is 0.131 e. The van der Waals surface area contributed by atoms with Crippen molar-refractivity contribution < 1.29 is 0 Å². The fourth-order valence-corrected chi connectivity index (χ4v) is 1.89. The first-order valence-electron chi connectivity index (χ1n) is 5.67. The van der Waals surface area contributed by atoms with Crippen molar-refractivity contribution in [2.24, 2.45) is 0 Å². The molecule has 0 radical (unpaired) electrons. The van der Waals surface area contributed by atoms with E-state index in [4.69, 9.17) is 11.6 Å². The molecule has 1 aromatic heterocycles. The van der Waals surface area contributed by atoms with E-state index in [-0.39, 0.29) is 0 Å². The number of anilines is 1. The lowest BCUT2D eigenvalue weighted by atomic mass is 10.0. The van der Waals surface area contributed by atoms with Gasteiger partial charge in [0.15, 0.2) is 0 Å². The number of benzene rings is 1. The third-order valence-corrected chi connectivity index (χ3v) is 3.02. The van der Waals surface area contributed by atoms with Crippen LogP contribution in [0.5, 0.6) is 0 Å². The summed E-state index contributed by atoms with van der Waals surface area (Å²) in [4.78, 5) is 4.19. The van der Waals surface area contributed by atoms with Crippen molar-refractivity contribution in [2.45, 2.75) is 13.8 Å². The molecule has 0 aliphatic rings. The molecule has 3 heteroatoms. The van der Waals surface area contributed by atoms with Crippen LogP contribution >= 0.6 is 11.6 Å². The molecule has 0 aliphatic heterocycles. The monoisotopic (exact) mass is 246 g/mol. The molecule has 0 saturated heterocycles. The molecule has 1 heterocycles. The highest BCUT2D eigenvalue weighted by Gasteiger charge is 2.05. The first-order valence-corrected chi connectivity index (χ1v) is 6.05. The molecule has 0 atom stereocenters. The molecule has 0 amide bonds. The first kappa shape index (κ1) is 11.9. The van der Waals surface area contributed by atoms with Crippen molar-refractivity contribution in [1.82, 2.24) is 4.98 Å². The molecule has 2 nitrogen and oxygen atoms in total. The summed E-state index contributed by atoms with van der Waals surface area (Å²) >= 11 is 5.94. The van der Waals surface area contributed by atoms with Gasteiger partial charge in [0.05, 0.1) is 0 Å². The van der Waals surface area contributed by atoms with Gasteiger partial charge < -0.3 is 5.32 Å². The zero-order valence-electron chi connectivity index (χ0n) is 10.00. The van der Waals surface area contributed by atoms with Gasteiger partial charge in [0, 0.05) is 29.6 Å². The number of pyridine rings is 1. The molecule has 2 aromatic rings. The van der Waals surface area contributed by atoms with E-state index < -0.39 is 0 Å². The highest BCUT2D eigenvalue weighted by atomic mass is 35.5. The summed E-state index contributed by atoms with van der Waals surface area (Å²) in [6.45, 7) is 4.95. The maximum atomic E-state index is 5.94. The molecule has 0 aliphatic carbocycles. The topological polar surface area (TPSA) is 24.9 Å². The fourth-order valence-electron chi connectivity index (χ4n) is 1.78. The van der Waals surface area contributed by atoms with Crippen LogP contribution in [-0.2, 0) is 0 Å². The summed E-state index contributed by atoms with van der Waals surface area (Å²) in [6, 6.07) is 10.3. The van der Waals surface area contributed by atoms with Gasteiger partial charge in [-0.3, -0.25) is 0 Å². The standard InChI is InChI=1S/C14H15ClN2/c1-3-16-13-7-5-4-6-12(13)11-8-10(2)14(15)17-9-11/h4-9,16H,3H2,1-2H3. The number of rotatable bonds is 3. The van der Waals surface area contributed by atoms with Crippen LogP contribution in [0.15, 0.2) is 36.5 Å². The van der Waals surface area contributed by atoms with Gasteiger partial charge in [0.1, 0.15) is 5.15 Å². The van der Waals surface area contributed by atoms with Crippen LogP contribution in [0.1, 0.15) is 12.5 Å². The van der Waals surface area contributed by atoms with E-state index in [1.165, 1.54) is 0 Å². The van der Waals surface area contributed by atoms with Crippen LogP contribution in [0.3, 0.4) is 0 Å². The highest BCUT2D eigenvalue weighted by molar-refractivity contribution is 6.30. The van der Waals surface area contributed by atoms with Crippen LogP contribution in [0.4, 0.5) is 5.69 Å². The van der Waals surface area contributed by atoms with Gasteiger partial charge in [-0.15, -0.1) is 0 Å². The Hall–Kier alpha value is -1.54. The predicted octanol–water partition coefficient (Wildman–Crippen LogP) is 4.14. The average molecular weight is 247 g/mol. The minimum Gasteiger partial charge on any atom is -0.385 e. The molecule has 0 spiro atoms. The van der Waals surface area contributed by atoms with Crippen LogP contribution < -0.4 is 5.32 Å². The minimum atomic E-state index is 0.565. The number of aromatic nitrogens is 1. The Morgan fingerprint density at radius 2 is 2.06 bits per heavy atom. The average Bonchev–Trinajstić information content (AvgIpc) is 2.34. The number of hydrogen-bond donors (Lipinski definition) is 1. The van der Waals surface area contributed by atoms with Crippen molar-refractivity contribution >= 4 is 17.3 Å². The lowest BCUT2D eigenvalue weighted by Crippen LogP contribution is -1.98. The molecule has 1 aromatic carbocycles. The number of nitrogens with zero attached hydrogens (tertiary/aromatic N) is 1. The second kappa shape index (κ2) is 5.19. The van der Waals surface area contributed by atoms with Crippen LogP contribution in [-0.4, -0.2) is 11.5 Å². The maximum absolute atomic E-state index is 5.94. The Morgan fingerprint density at radius 3 is 2.76 bits per heavy atom. The number of para-hydroxylation sites is 1. The van der Waals surface area contributed by atoms with Crippen LogP contribution in [0.25, 0.3) is 11.1 Å². The normalized spacial score (nSPS) is 10.3. The number of halogens is 1. The summed E-state index contributed by atoms with van der Waals surface area (Å²) in [5.41, 5.74) is 4.36. The van der Waals surface area contributed by atoms with E-state index in [1.54, 1.807) is 0 Å². The number of hydrogen-bond acceptors (Lipinski definition) is 2. The lowest BCUT2D eigenvalue weighted by molar-refractivity contribution is 1.21. The molecule has 0 fully saturated rings. The summed E-state index contributed by atoms with van der Waals surface area (Å²) in [5, 5.41) is 3.91. The van der Waals surface area contributed by atoms with Crippen molar-refractivity contribution in [3.63, 3.8) is 0 Å². The van der Waals surface area contributed by atoms with E-state index in [0.29, 0.717) is 5.15 Å². The van der Waals surface area contributed by atoms with Crippen LogP contribution in [0.2, 0.25) is 5.15 Å². The SMILES string of the molecule is CCNc1ccccc1-c1cnc(Cl)c(C)c1. The van der Waals surface area contributed by atoms with Crippen molar-refractivity contribution in [3.05, 3.63) is 47.2 Å². The zero-order valence-corrected chi connectivity index (χ0v) is 10.8. The predicted molar refractivity (Wildman–Crippen MR) is 73.6 cm³/mol. The van der Waals surface area contributed by atoms with Gasteiger partial charge >= 0.3 is 0 Å². The van der Waals surface area contributed by atoms with E-state index in [1.807, 2.05) is 25.3 Å². The Bertz CT molecular complexity index is 523. The molecule has 0 unspecified atom stereocenters. The van der Waals surface area contributed by atoms with Gasteiger partial charge in [-0.05, 0) is 31.5 Å². The molecule has 0 saturated carbocycles. The number of aryl methyl sites for hydroxylation is 1. The lowest BCUT2D eigenvalue weighted by Gasteiger charge is -2.11. The third kappa shape index (κ3) is 2.59. The Morgan fingerprint density at radius 1 is 1.29 bits per heavy atom. The largest absolute Gasteiger partial charge is 0.385 e. The highest BCUT2D eigenvalue weighted by Crippen LogP contribution is 2.29. The van der Waals surface area contributed by atoms with E-state index in [9.17, 15) is 0 Å². The summed E-state index contributed by atoms with van der Waals surface area (Å²) in [5.74, 6) is 0. The molecule has 0 bridgehead atoms. The fraction of sp³-hybridized carbons (Fsp3) is 0.214. The quantitative estimate of drug-likeness (QED) is 0.824. The third-order valence-electron chi connectivity index (χ3n) is 2.62. The summed E-state index contributed by atoms with van der Waals surface area (Å²) in [6.07, 6.45) is 1.81. The van der Waals surface area contributed by atoms with Crippen molar-refractivity contribution in [2.75, 3.05) is 11.9 Å². The Balaban J connectivity index is 2.48. The molecule has 1 N–H and O–H groups in total. The molecular formula is C14H15ClN2. The Labute approximate surface area is 107 Å². The molecule has 88 valence electrons. The summed E-state index contributed by atoms with van der Waals surface area (Å²) < 4.78 is 0.